The van der Waals surface area contributed by atoms with E-state index in [4.69, 9.17) is 20.4 Å². The zero-order valence-electron chi connectivity index (χ0n) is 20.0. The number of hydrogen-bond donors (Lipinski definition) is 2. The second-order valence-electron chi connectivity index (χ2n) is 9.08. The van der Waals surface area contributed by atoms with Gasteiger partial charge in [-0.25, -0.2) is 9.97 Å². The number of benzene rings is 2. The number of fused-ring (bicyclic) bond motifs is 1. The lowest BCUT2D eigenvalue weighted by Crippen LogP contribution is -2.14. The molecule has 7 nitrogen and oxygen atoms in total. The first kappa shape index (κ1) is 22.3. The maximum atomic E-state index is 12.7. The van der Waals surface area contributed by atoms with Crippen LogP contribution in [0.1, 0.15) is 39.5 Å². The van der Waals surface area contributed by atoms with Gasteiger partial charge in [-0.3, -0.25) is 9.20 Å². The summed E-state index contributed by atoms with van der Waals surface area (Å²) in [5.41, 5.74) is 12.5. The number of anilines is 2. The number of nitrogens with two attached hydrogens (primary N) is 1. The minimum absolute atomic E-state index is 0.0978. The van der Waals surface area contributed by atoms with E-state index in [1.165, 1.54) is 5.56 Å². The van der Waals surface area contributed by atoms with Crippen molar-refractivity contribution in [2.24, 2.45) is 0 Å². The Kier molecular flexibility index (Phi) is 5.26. The summed E-state index contributed by atoms with van der Waals surface area (Å²) in [6.07, 6.45) is 4.05. The highest BCUT2D eigenvalue weighted by atomic mass is 32.1. The quantitative estimate of drug-likeness (QED) is 0.295. The Morgan fingerprint density at radius 2 is 1.89 bits per heavy atom. The van der Waals surface area contributed by atoms with Crippen molar-refractivity contribution in [3.8, 4) is 17.1 Å². The lowest BCUT2D eigenvalue weighted by molar-refractivity contribution is 0.102. The second kappa shape index (κ2) is 8.49. The molecular formula is C28H25N5O2S. The molecule has 3 N–H and O–H groups in total. The van der Waals surface area contributed by atoms with Crippen molar-refractivity contribution >= 4 is 34.3 Å². The van der Waals surface area contributed by atoms with Crippen LogP contribution in [0.15, 0.2) is 72.2 Å². The first-order valence-electron chi connectivity index (χ1n) is 11.7. The van der Waals surface area contributed by atoms with Crippen molar-refractivity contribution in [2.75, 3.05) is 18.2 Å². The molecule has 5 aromatic rings. The predicted octanol–water partition coefficient (Wildman–Crippen LogP) is 5.69. The fraction of sp³-hybridized carbons (Fsp3) is 0.179. The molecule has 0 bridgehead atoms. The number of nitrogens with one attached hydrogen (secondary N) is 1. The van der Waals surface area contributed by atoms with Gasteiger partial charge in [-0.15, -0.1) is 11.3 Å². The number of methoxy groups -OCH3 is 1. The number of nitrogens with zero attached hydrogens (tertiary/aromatic N) is 3. The molecule has 0 aliphatic heterocycles. The Balaban J connectivity index is 1.26. The van der Waals surface area contributed by atoms with Crippen LogP contribution in [0.25, 0.3) is 17.0 Å². The molecule has 1 fully saturated rings. The average molecular weight is 496 g/mol. The third-order valence-corrected chi connectivity index (χ3v) is 7.87. The molecule has 0 saturated heterocycles. The SMILES string of the molecule is COc1ccn2c(-c3csc(C4(c5ccc(C(=O)Nc6ccccc6N)cc5)CC4)n3)c(C)nc2c1. The molecule has 6 rings (SSSR count). The van der Waals surface area contributed by atoms with Gasteiger partial charge in [-0.05, 0) is 55.7 Å². The van der Waals surface area contributed by atoms with Gasteiger partial charge in [-0.1, -0.05) is 24.3 Å². The topological polar surface area (TPSA) is 94.5 Å². The smallest absolute Gasteiger partial charge is 0.255 e. The number of thiazole rings is 1. The van der Waals surface area contributed by atoms with Crippen LogP contribution in [0.4, 0.5) is 11.4 Å². The molecule has 0 radical (unpaired) electrons. The second-order valence-corrected chi connectivity index (χ2v) is 9.94. The first-order chi connectivity index (χ1) is 17.5. The number of aromatic nitrogens is 3. The third-order valence-electron chi connectivity index (χ3n) is 6.82. The van der Waals surface area contributed by atoms with Crippen molar-refractivity contribution in [1.82, 2.24) is 14.4 Å². The molecule has 0 spiro atoms. The minimum Gasteiger partial charge on any atom is -0.497 e. The molecule has 1 amide bonds. The van der Waals surface area contributed by atoms with Gasteiger partial charge in [0.15, 0.2) is 0 Å². The van der Waals surface area contributed by atoms with Crippen LogP contribution in [0.5, 0.6) is 5.75 Å². The fourth-order valence-electron chi connectivity index (χ4n) is 4.68. The highest BCUT2D eigenvalue weighted by molar-refractivity contribution is 7.10. The Labute approximate surface area is 212 Å². The largest absolute Gasteiger partial charge is 0.497 e. The van der Waals surface area contributed by atoms with Crippen LogP contribution in [0.2, 0.25) is 0 Å². The summed E-state index contributed by atoms with van der Waals surface area (Å²) in [6, 6.07) is 18.9. The first-order valence-corrected chi connectivity index (χ1v) is 12.6. The molecule has 0 unspecified atom stereocenters. The van der Waals surface area contributed by atoms with Crippen LogP contribution >= 0.6 is 11.3 Å². The van der Waals surface area contributed by atoms with Crippen molar-refractivity contribution in [2.45, 2.75) is 25.2 Å². The van der Waals surface area contributed by atoms with Crippen molar-refractivity contribution in [1.29, 1.82) is 0 Å². The summed E-state index contributed by atoms with van der Waals surface area (Å²) >= 11 is 1.68. The van der Waals surface area contributed by atoms with Gasteiger partial charge in [0.1, 0.15) is 22.1 Å². The van der Waals surface area contributed by atoms with E-state index >= 15 is 0 Å². The Morgan fingerprint density at radius 3 is 2.61 bits per heavy atom. The Morgan fingerprint density at radius 1 is 1.11 bits per heavy atom. The van der Waals surface area contributed by atoms with Crippen LogP contribution in [0.3, 0.4) is 0 Å². The molecule has 1 saturated carbocycles. The number of aryl methyl sites for hydroxylation is 1. The highest BCUT2D eigenvalue weighted by Gasteiger charge is 2.48. The van der Waals surface area contributed by atoms with Crippen molar-refractivity contribution in [3.63, 3.8) is 0 Å². The number of pyridine rings is 1. The van der Waals surface area contributed by atoms with E-state index in [1.807, 2.05) is 61.7 Å². The summed E-state index contributed by atoms with van der Waals surface area (Å²) < 4.78 is 7.40. The lowest BCUT2D eigenvalue weighted by atomic mass is 9.95. The fourth-order valence-corrected chi connectivity index (χ4v) is 5.76. The zero-order valence-corrected chi connectivity index (χ0v) is 20.8. The van der Waals surface area contributed by atoms with Crippen molar-refractivity contribution in [3.05, 3.63) is 94.1 Å². The maximum absolute atomic E-state index is 12.7. The van der Waals surface area contributed by atoms with E-state index in [9.17, 15) is 4.79 Å². The van der Waals surface area contributed by atoms with Gasteiger partial charge in [0.05, 0.1) is 29.9 Å². The molecule has 0 atom stereocenters. The number of carbonyl (C=O) groups excluding carboxylic acids is 1. The molecule has 1 aliphatic carbocycles. The van der Waals surface area contributed by atoms with Crippen LogP contribution in [-0.4, -0.2) is 27.4 Å². The van der Waals surface area contributed by atoms with Gasteiger partial charge in [0, 0.05) is 28.6 Å². The van der Waals surface area contributed by atoms with Crippen molar-refractivity contribution < 1.29 is 9.53 Å². The summed E-state index contributed by atoms with van der Waals surface area (Å²) in [4.78, 5) is 22.5. The molecule has 2 aromatic carbocycles. The van der Waals surface area contributed by atoms with E-state index < -0.39 is 0 Å². The van der Waals surface area contributed by atoms with Crippen LogP contribution in [-0.2, 0) is 5.41 Å². The molecule has 1 aliphatic rings. The van der Waals surface area contributed by atoms with Gasteiger partial charge in [-0.2, -0.15) is 0 Å². The molecule has 3 heterocycles. The number of rotatable bonds is 6. The summed E-state index contributed by atoms with van der Waals surface area (Å²) in [5, 5.41) is 6.09. The number of amides is 1. The van der Waals surface area contributed by atoms with E-state index in [1.54, 1.807) is 30.6 Å². The lowest BCUT2D eigenvalue weighted by Gasteiger charge is -2.14. The number of ether oxygens (including phenoxy) is 1. The number of para-hydroxylation sites is 2. The number of hydrogen-bond acceptors (Lipinski definition) is 6. The van der Waals surface area contributed by atoms with Crippen LogP contribution < -0.4 is 15.8 Å². The monoisotopic (exact) mass is 495 g/mol. The van der Waals surface area contributed by atoms with Gasteiger partial charge >= 0.3 is 0 Å². The normalized spacial score (nSPS) is 14.1. The Hall–Kier alpha value is -4.17. The zero-order chi connectivity index (χ0) is 24.9. The highest BCUT2D eigenvalue weighted by Crippen LogP contribution is 2.54. The van der Waals surface area contributed by atoms with E-state index in [0.29, 0.717) is 16.9 Å². The standard InChI is InChI=1S/C28H25N5O2S/c1-17-25(33-14-11-20(35-2)15-24(33)30-17)23-16-36-27(32-23)28(12-13-28)19-9-7-18(8-10-19)26(34)31-22-6-4-3-5-21(22)29/h3-11,14-16H,12-13,29H2,1-2H3,(H,31,34). The minimum atomic E-state index is -0.180. The predicted molar refractivity (Wildman–Crippen MR) is 143 cm³/mol. The molecule has 3 aromatic heterocycles. The number of nitrogen functional groups attached to an aromatic ring is 1. The average Bonchev–Trinajstić information content (AvgIpc) is 3.44. The van der Waals surface area contributed by atoms with E-state index in [0.717, 1.165) is 46.3 Å². The number of imidazole rings is 1. The van der Waals surface area contributed by atoms with E-state index in [-0.39, 0.29) is 11.3 Å². The van der Waals surface area contributed by atoms with Gasteiger partial charge in [0.25, 0.3) is 5.91 Å². The van der Waals surface area contributed by atoms with Gasteiger partial charge < -0.3 is 15.8 Å². The third kappa shape index (κ3) is 3.70. The molecule has 8 heteroatoms. The number of carbonyl (C=O) groups is 1. The van der Waals surface area contributed by atoms with Crippen LogP contribution in [0, 0.1) is 6.92 Å². The maximum Gasteiger partial charge on any atom is 0.255 e. The molecule has 180 valence electrons. The summed E-state index contributed by atoms with van der Waals surface area (Å²) in [5.74, 6) is 0.597. The molecule has 36 heavy (non-hydrogen) atoms. The summed E-state index contributed by atoms with van der Waals surface area (Å²) in [7, 11) is 1.66. The van der Waals surface area contributed by atoms with E-state index in [2.05, 4.69) is 15.1 Å². The summed E-state index contributed by atoms with van der Waals surface area (Å²) in [6.45, 7) is 2.01. The Bertz CT molecular complexity index is 1600. The molecular weight excluding hydrogens is 470 g/mol. The van der Waals surface area contributed by atoms with Gasteiger partial charge in [0.2, 0.25) is 0 Å².